The van der Waals surface area contributed by atoms with Crippen molar-refractivity contribution in [3.05, 3.63) is 63.9 Å². The standard InChI is InChI=1S/C18H17BClFO2/c1-18(2)10-19(23)15-7-11(3-6-14(15)18)8-17(22)13-5-4-12(21)9-16(13)20/h3-7,9,23H,8,10H2,1-2H3. The average Bonchev–Trinajstić information content (AvgIpc) is 2.68. The number of hydrogen-bond acceptors (Lipinski definition) is 2. The number of halogens is 2. The first-order valence-electron chi connectivity index (χ1n) is 7.57. The Hall–Kier alpha value is -1.65. The Bertz CT molecular complexity index is 789. The van der Waals surface area contributed by atoms with E-state index >= 15 is 0 Å². The van der Waals surface area contributed by atoms with Crippen molar-refractivity contribution in [2.45, 2.75) is 32.0 Å². The normalized spacial score (nSPS) is 15.6. The minimum Gasteiger partial charge on any atom is -0.446 e. The van der Waals surface area contributed by atoms with Crippen molar-refractivity contribution in [1.29, 1.82) is 0 Å². The third-order valence-electron chi connectivity index (χ3n) is 4.50. The fourth-order valence-electron chi connectivity index (χ4n) is 3.31. The molecule has 1 N–H and O–H groups in total. The number of carbonyl (C=O) groups excluding carboxylic acids is 1. The largest absolute Gasteiger partial charge is 0.446 e. The topological polar surface area (TPSA) is 37.3 Å². The van der Waals surface area contributed by atoms with Crippen LogP contribution in [0.15, 0.2) is 36.4 Å². The van der Waals surface area contributed by atoms with E-state index in [1.54, 1.807) is 0 Å². The molecule has 2 nitrogen and oxygen atoms in total. The summed E-state index contributed by atoms with van der Waals surface area (Å²) in [7, 11) is 0. The summed E-state index contributed by atoms with van der Waals surface area (Å²) in [4.78, 5) is 12.4. The van der Waals surface area contributed by atoms with Crippen LogP contribution < -0.4 is 5.46 Å². The number of carbonyl (C=O) groups is 1. The summed E-state index contributed by atoms with van der Waals surface area (Å²) in [5.41, 5.74) is 3.10. The molecule has 0 atom stereocenters. The lowest BCUT2D eigenvalue weighted by molar-refractivity contribution is 0.0993. The molecule has 118 valence electrons. The quantitative estimate of drug-likeness (QED) is 0.692. The predicted molar refractivity (Wildman–Crippen MR) is 91.3 cm³/mol. The van der Waals surface area contributed by atoms with Gasteiger partial charge in [0.05, 0.1) is 5.02 Å². The van der Waals surface area contributed by atoms with E-state index in [-0.39, 0.29) is 22.6 Å². The van der Waals surface area contributed by atoms with Gasteiger partial charge >= 0.3 is 6.92 Å². The van der Waals surface area contributed by atoms with E-state index in [0.29, 0.717) is 11.9 Å². The van der Waals surface area contributed by atoms with Gasteiger partial charge in [-0.1, -0.05) is 43.6 Å². The molecule has 1 heterocycles. The molecule has 1 aliphatic rings. The van der Waals surface area contributed by atoms with E-state index < -0.39 is 12.7 Å². The van der Waals surface area contributed by atoms with Gasteiger partial charge in [-0.05, 0) is 46.5 Å². The van der Waals surface area contributed by atoms with Crippen molar-refractivity contribution in [2.24, 2.45) is 0 Å². The molecule has 23 heavy (non-hydrogen) atoms. The SMILES string of the molecule is CC1(C)CB(O)c2cc(CC(=O)c3ccc(F)cc3Cl)ccc21. The van der Waals surface area contributed by atoms with Crippen LogP contribution in [-0.4, -0.2) is 17.7 Å². The second kappa shape index (κ2) is 5.77. The van der Waals surface area contributed by atoms with E-state index in [4.69, 9.17) is 11.6 Å². The molecule has 1 aliphatic heterocycles. The molecule has 0 spiro atoms. The van der Waals surface area contributed by atoms with Crippen molar-refractivity contribution < 1.29 is 14.2 Å². The van der Waals surface area contributed by atoms with Gasteiger partial charge < -0.3 is 5.02 Å². The lowest BCUT2D eigenvalue weighted by Gasteiger charge is -2.19. The zero-order valence-electron chi connectivity index (χ0n) is 13.1. The second-order valence-electron chi connectivity index (χ2n) is 6.75. The number of rotatable bonds is 3. The van der Waals surface area contributed by atoms with Gasteiger partial charge in [-0.15, -0.1) is 0 Å². The van der Waals surface area contributed by atoms with Crippen LogP contribution in [0.3, 0.4) is 0 Å². The molecule has 0 unspecified atom stereocenters. The molecular weight excluding hydrogens is 313 g/mol. The predicted octanol–water partition coefficient (Wildman–Crippen LogP) is 3.39. The van der Waals surface area contributed by atoms with E-state index in [0.717, 1.165) is 22.7 Å². The molecule has 0 bridgehead atoms. The zero-order chi connectivity index (χ0) is 16.8. The van der Waals surface area contributed by atoms with Crippen LogP contribution in [0.2, 0.25) is 11.3 Å². The van der Waals surface area contributed by atoms with Crippen LogP contribution in [0.4, 0.5) is 4.39 Å². The number of Topliss-reactive ketones (excluding diaryl/α,β-unsaturated/α-hetero) is 1. The van der Waals surface area contributed by atoms with Crippen LogP contribution in [-0.2, 0) is 11.8 Å². The summed E-state index contributed by atoms with van der Waals surface area (Å²) in [6, 6.07) is 9.57. The Morgan fingerprint density at radius 1 is 1.30 bits per heavy atom. The molecule has 0 aromatic heterocycles. The van der Waals surface area contributed by atoms with Gasteiger partial charge in [0.2, 0.25) is 0 Å². The Kier molecular flexibility index (Phi) is 4.07. The first-order valence-corrected chi connectivity index (χ1v) is 7.95. The molecular formula is C18H17BClFO2. The highest BCUT2D eigenvalue weighted by atomic mass is 35.5. The summed E-state index contributed by atoms with van der Waals surface area (Å²) in [6.07, 6.45) is 0.856. The van der Waals surface area contributed by atoms with Gasteiger partial charge in [0.15, 0.2) is 5.78 Å². The first-order chi connectivity index (χ1) is 10.8. The fourth-order valence-corrected chi connectivity index (χ4v) is 3.59. The maximum atomic E-state index is 13.1. The number of fused-ring (bicyclic) bond motifs is 1. The van der Waals surface area contributed by atoms with Crippen molar-refractivity contribution in [3.8, 4) is 0 Å². The molecule has 0 radical (unpaired) electrons. The molecule has 0 aliphatic carbocycles. The lowest BCUT2D eigenvalue weighted by atomic mass is 9.61. The maximum Gasteiger partial charge on any atom is 0.324 e. The molecule has 2 aromatic rings. The Morgan fingerprint density at radius 3 is 2.74 bits per heavy atom. The number of benzene rings is 2. The van der Waals surface area contributed by atoms with E-state index in [9.17, 15) is 14.2 Å². The van der Waals surface area contributed by atoms with Crippen LogP contribution in [0.5, 0.6) is 0 Å². The summed E-state index contributed by atoms with van der Waals surface area (Å²) >= 11 is 5.94. The minimum absolute atomic E-state index is 0.0580. The Morgan fingerprint density at radius 2 is 2.04 bits per heavy atom. The van der Waals surface area contributed by atoms with E-state index in [1.807, 2.05) is 18.2 Å². The van der Waals surface area contributed by atoms with Crippen LogP contribution in [0.25, 0.3) is 0 Å². The van der Waals surface area contributed by atoms with Gasteiger partial charge in [0.1, 0.15) is 5.82 Å². The summed E-state index contributed by atoms with van der Waals surface area (Å²) in [5.74, 6) is -0.629. The molecule has 0 saturated heterocycles. The van der Waals surface area contributed by atoms with Crippen molar-refractivity contribution >= 4 is 29.8 Å². The zero-order valence-corrected chi connectivity index (χ0v) is 13.8. The maximum absolute atomic E-state index is 13.1. The summed E-state index contributed by atoms with van der Waals surface area (Å²) < 4.78 is 13.1. The monoisotopic (exact) mass is 330 g/mol. The van der Waals surface area contributed by atoms with Crippen LogP contribution in [0.1, 0.15) is 35.3 Å². The molecule has 0 fully saturated rings. The highest BCUT2D eigenvalue weighted by molar-refractivity contribution is 6.68. The van der Waals surface area contributed by atoms with E-state index in [2.05, 4.69) is 13.8 Å². The van der Waals surface area contributed by atoms with E-state index in [1.165, 1.54) is 12.1 Å². The van der Waals surface area contributed by atoms with Crippen LogP contribution >= 0.6 is 11.6 Å². The molecule has 2 aromatic carbocycles. The summed E-state index contributed by atoms with van der Waals surface area (Å²) in [5, 5.41) is 10.3. The fraction of sp³-hybridized carbons (Fsp3) is 0.278. The van der Waals surface area contributed by atoms with Gasteiger partial charge in [-0.2, -0.15) is 0 Å². The average molecular weight is 331 g/mol. The van der Waals surface area contributed by atoms with Crippen molar-refractivity contribution in [3.63, 3.8) is 0 Å². The minimum atomic E-state index is -0.496. The highest BCUT2D eigenvalue weighted by Crippen LogP contribution is 2.33. The number of hydrogen-bond donors (Lipinski definition) is 1. The first kappa shape index (κ1) is 16.2. The highest BCUT2D eigenvalue weighted by Gasteiger charge is 2.38. The third kappa shape index (κ3) is 3.06. The van der Waals surface area contributed by atoms with Gasteiger partial charge in [-0.25, -0.2) is 4.39 Å². The molecule has 0 saturated carbocycles. The summed E-state index contributed by atoms with van der Waals surface area (Å²) in [6.45, 7) is 3.71. The van der Waals surface area contributed by atoms with Gasteiger partial charge in [0.25, 0.3) is 0 Å². The third-order valence-corrected chi connectivity index (χ3v) is 4.82. The Labute approximate surface area is 140 Å². The Balaban J connectivity index is 1.87. The van der Waals surface area contributed by atoms with Crippen molar-refractivity contribution in [2.75, 3.05) is 0 Å². The van der Waals surface area contributed by atoms with Crippen molar-refractivity contribution in [1.82, 2.24) is 0 Å². The molecule has 3 rings (SSSR count). The van der Waals surface area contributed by atoms with Gasteiger partial charge in [-0.3, -0.25) is 4.79 Å². The van der Waals surface area contributed by atoms with Crippen LogP contribution in [0, 0.1) is 5.82 Å². The van der Waals surface area contributed by atoms with Gasteiger partial charge in [0, 0.05) is 12.0 Å². The number of ketones is 1. The lowest BCUT2D eigenvalue weighted by Crippen LogP contribution is -2.26. The second-order valence-corrected chi connectivity index (χ2v) is 7.16. The molecule has 5 heteroatoms. The molecule has 0 amide bonds. The smallest absolute Gasteiger partial charge is 0.324 e.